The Balaban J connectivity index is 2.10. The summed E-state index contributed by atoms with van der Waals surface area (Å²) in [6.07, 6.45) is 5.14. The van der Waals surface area contributed by atoms with Crippen LogP contribution in [0.25, 0.3) is 0 Å². The van der Waals surface area contributed by atoms with Gasteiger partial charge in [0.1, 0.15) is 6.61 Å². The molecule has 1 unspecified atom stereocenters. The molecule has 0 aromatic carbocycles. The second-order valence-corrected chi connectivity index (χ2v) is 4.45. The Hall–Kier alpha value is -0.610. The van der Waals surface area contributed by atoms with E-state index in [1.807, 2.05) is 0 Å². The van der Waals surface area contributed by atoms with Gasteiger partial charge < -0.3 is 9.47 Å². The van der Waals surface area contributed by atoms with Gasteiger partial charge in [-0.05, 0) is 32.7 Å². The van der Waals surface area contributed by atoms with Gasteiger partial charge in [0.15, 0.2) is 0 Å². The van der Waals surface area contributed by atoms with E-state index in [4.69, 9.17) is 9.47 Å². The third-order valence-electron chi connectivity index (χ3n) is 3.27. The fraction of sp³-hybridized carbons (Fsp3) is 0.923. The van der Waals surface area contributed by atoms with Crippen LogP contribution in [0.15, 0.2) is 0 Å². The zero-order valence-electron chi connectivity index (χ0n) is 11.1. The summed E-state index contributed by atoms with van der Waals surface area (Å²) in [5.74, 6) is -0.266. The number of esters is 1. The second-order valence-electron chi connectivity index (χ2n) is 4.45. The van der Waals surface area contributed by atoms with Gasteiger partial charge in [-0.3, -0.25) is 4.90 Å². The van der Waals surface area contributed by atoms with E-state index in [0.29, 0.717) is 19.3 Å². The maximum absolute atomic E-state index is 11.1. The summed E-state index contributed by atoms with van der Waals surface area (Å²) in [4.78, 5) is 13.5. The number of ether oxygens (including phenoxy) is 2. The van der Waals surface area contributed by atoms with Crippen molar-refractivity contribution in [3.8, 4) is 0 Å². The van der Waals surface area contributed by atoms with Gasteiger partial charge in [0.25, 0.3) is 0 Å². The fourth-order valence-corrected chi connectivity index (χ4v) is 2.36. The van der Waals surface area contributed by atoms with Crippen molar-refractivity contribution in [2.75, 3.05) is 32.9 Å². The lowest BCUT2D eigenvalue weighted by atomic mass is 10.0. The van der Waals surface area contributed by atoms with Crippen molar-refractivity contribution in [3.05, 3.63) is 0 Å². The molecule has 1 rings (SSSR count). The Labute approximate surface area is 104 Å². The van der Waals surface area contributed by atoms with Gasteiger partial charge in [-0.15, -0.1) is 0 Å². The Kier molecular flexibility index (Phi) is 7.21. The van der Waals surface area contributed by atoms with Crippen LogP contribution in [0.3, 0.4) is 0 Å². The van der Waals surface area contributed by atoms with Crippen molar-refractivity contribution in [3.63, 3.8) is 0 Å². The fourth-order valence-electron chi connectivity index (χ4n) is 2.36. The molecule has 0 aliphatic carbocycles. The first kappa shape index (κ1) is 14.5. The number of piperidine rings is 1. The zero-order chi connectivity index (χ0) is 12.5. The Morgan fingerprint density at radius 2 is 2.18 bits per heavy atom. The second kappa shape index (κ2) is 8.48. The lowest BCUT2D eigenvalue weighted by molar-refractivity contribution is -0.148. The van der Waals surface area contributed by atoms with E-state index in [1.165, 1.54) is 32.2 Å². The van der Waals surface area contributed by atoms with Crippen molar-refractivity contribution < 1.29 is 14.3 Å². The molecule has 1 aliphatic heterocycles. The normalized spacial score (nSPS) is 21.4. The number of hydrogen-bond donors (Lipinski definition) is 0. The van der Waals surface area contributed by atoms with E-state index in [9.17, 15) is 4.79 Å². The highest BCUT2D eigenvalue weighted by atomic mass is 16.6. The van der Waals surface area contributed by atoms with E-state index in [2.05, 4.69) is 11.8 Å². The molecule has 1 atom stereocenters. The number of likely N-dealkylation sites (tertiary alicyclic amines) is 1. The molecule has 0 radical (unpaired) electrons. The van der Waals surface area contributed by atoms with Crippen LogP contribution in [0.1, 0.15) is 39.5 Å². The molecule has 0 bridgehead atoms. The van der Waals surface area contributed by atoms with Gasteiger partial charge in [-0.2, -0.15) is 0 Å². The van der Waals surface area contributed by atoms with E-state index < -0.39 is 0 Å². The van der Waals surface area contributed by atoms with Gasteiger partial charge in [-0.1, -0.05) is 13.3 Å². The van der Waals surface area contributed by atoms with Crippen molar-refractivity contribution in [2.45, 2.75) is 45.6 Å². The van der Waals surface area contributed by atoms with Crippen LogP contribution < -0.4 is 0 Å². The topological polar surface area (TPSA) is 38.8 Å². The molecule has 1 heterocycles. The van der Waals surface area contributed by atoms with E-state index in [-0.39, 0.29) is 12.6 Å². The molecule has 0 aromatic heterocycles. The summed E-state index contributed by atoms with van der Waals surface area (Å²) < 4.78 is 10.1. The van der Waals surface area contributed by atoms with Crippen LogP contribution >= 0.6 is 0 Å². The summed E-state index contributed by atoms with van der Waals surface area (Å²) in [5, 5.41) is 0. The molecular weight excluding hydrogens is 218 g/mol. The lowest BCUT2D eigenvalue weighted by Crippen LogP contribution is -2.41. The minimum Gasteiger partial charge on any atom is -0.464 e. The highest BCUT2D eigenvalue weighted by Crippen LogP contribution is 2.18. The molecule has 100 valence electrons. The van der Waals surface area contributed by atoms with Crippen LogP contribution in [0, 0.1) is 0 Å². The molecule has 1 fully saturated rings. The van der Waals surface area contributed by atoms with Gasteiger partial charge in [0.2, 0.25) is 0 Å². The molecular formula is C13H25NO3. The number of nitrogens with zero attached hydrogens (tertiary/aromatic N) is 1. The SMILES string of the molecule is CCOC(=O)COCCN1CCCCC1CC. The minimum atomic E-state index is -0.266. The number of rotatable bonds is 7. The minimum absolute atomic E-state index is 0.0818. The highest BCUT2D eigenvalue weighted by molar-refractivity contribution is 5.70. The van der Waals surface area contributed by atoms with Gasteiger partial charge in [0, 0.05) is 12.6 Å². The van der Waals surface area contributed by atoms with Crippen molar-refractivity contribution >= 4 is 5.97 Å². The molecule has 4 nitrogen and oxygen atoms in total. The molecule has 1 saturated heterocycles. The first-order chi connectivity index (χ1) is 8.27. The molecule has 0 spiro atoms. The van der Waals surface area contributed by atoms with Crippen LogP contribution in [0.2, 0.25) is 0 Å². The average molecular weight is 243 g/mol. The predicted octanol–water partition coefficient (Wildman–Crippen LogP) is 1.83. The maximum atomic E-state index is 11.1. The number of carbonyl (C=O) groups is 1. The van der Waals surface area contributed by atoms with Crippen LogP contribution in [-0.2, 0) is 14.3 Å². The summed E-state index contributed by atoms with van der Waals surface area (Å²) in [7, 11) is 0. The Morgan fingerprint density at radius 1 is 1.35 bits per heavy atom. The molecule has 17 heavy (non-hydrogen) atoms. The molecule has 1 aliphatic rings. The lowest BCUT2D eigenvalue weighted by Gasteiger charge is -2.34. The van der Waals surface area contributed by atoms with E-state index >= 15 is 0 Å². The zero-order valence-corrected chi connectivity index (χ0v) is 11.1. The van der Waals surface area contributed by atoms with Crippen molar-refractivity contribution in [1.29, 1.82) is 0 Å². The molecule has 0 N–H and O–H groups in total. The van der Waals surface area contributed by atoms with E-state index in [0.717, 1.165) is 6.54 Å². The van der Waals surface area contributed by atoms with E-state index in [1.54, 1.807) is 6.92 Å². The molecule has 0 amide bonds. The Bertz CT molecular complexity index is 221. The smallest absolute Gasteiger partial charge is 0.332 e. The molecule has 4 heteroatoms. The monoisotopic (exact) mass is 243 g/mol. The number of hydrogen-bond acceptors (Lipinski definition) is 4. The third kappa shape index (κ3) is 5.50. The van der Waals surface area contributed by atoms with Gasteiger partial charge >= 0.3 is 5.97 Å². The van der Waals surface area contributed by atoms with Crippen molar-refractivity contribution in [1.82, 2.24) is 4.90 Å². The van der Waals surface area contributed by atoms with Crippen LogP contribution in [-0.4, -0.2) is 49.8 Å². The quantitative estimate of drug-likeness (QED) is 0.505. The van der Waals surface area contributed by atoms with Gasteiger partial charge in [-0.25, -0.2) is 4.79 Å². The van der Waals surface area contributed by atoms with Crippen LogP contribution in [0.4, 0.5) is 0 Å². The highest BCUT2D eigenvalue weighted by Gasteiger charge is 2.19. The standard InChI is InChI=1S/C13H25NO3/c1-3-12-7-5-6-8-14(12)9-10-16-11-13(15)17-4-2/h12H,3-11H2,1-2H3. The Morgan fingerprint density at radius 3 is 2.88 bits per heavy atom. The largest absolute Gasteiger partial charge is 0.464 e. The first-order valence-electron chi connectivity index (χ1n) is 6.75. The maximum Gasteiger partial charge on any atom is 0.332 e. The summed E-state index contributed by atoms with van der Waals surface area (Å²) in [6.45, 7) is 7.26. The van der Waals surface area contributed by atoms with Crippen molar-refractivity contribution in [2.24, 2.45) is 0 Å². The summed E-state index contributed by atoms with van der Waals surface area (Å²) >= 11 is 0. The average Bonchev–Trinajstić information content (AvgIpc) is 2.35. The molecule has 0 aromatic rings. The summed E-state index contributed by atoms with van der Waals surface area (Å²) in [6, 6.07) is 0.704. The number of carbonyl (C=O) groups excluding carboxylic acids is 1. The predicted molar refractivity (Wildman–Crippen MR) is 67.0 cm³/mol. The van der Waals surface area contributed by atoms with Crippen LogP contribution in [0.5, 0.6) is 0 Å². The third-order valence-corrected chi connectivity index (χ3v) is 3.27. The summed E-state index contributed by atoms with van der Waals surface area (Å²) in [5.41, 5.74) is 0. The van der Waals surface area contributed by atoms with Gasteiger partial charge in [0.05, 0.1) is 13.2 Å². The molecule has 0 saturated carbocycles. The first-order valence-corrected chi connectivity index (χ1v) is 6.75.